The molecule has 0 saturated carbocycles. The molecule has 1 aromatic heterocycles. The highest BCUT2D eigenvalue weighted by Crippen LogP contribution is 2.30. The molecule has 1 rings (SSSR count). The van der Waals surface area contributed by atoms with Crippen molar-refractivity contribution in [3.63, 3.8) is 0 Å². The van der Waals surface area contributed by atoms with E-state index >= 15 is 0 Å². The van der Waals surface area contributed by atoms with Crippen LogP contribution in [0.3, 0.4) is 0 Å². The molecule has 70 valence electrons. The molecule has 1 N–H and O–H groups in total. The van der Waals surface area contributed by atoms with Gasteiger partial charge >= 0.3 is 6.18 Å². The number of hydrogen-bond acceptors (Lipinski definition) is 2. The summed E-state index contributed by atoms with van der Waals surface area (Å²) in [6.45, 7) is 0. The predicted molar refractivity (Wildman–Crippen MR) is 37.5 cm³/mol. The highest BCUT2D eigenvalue weighted by Gasteiger charge is 2.35. The molecule has 0 radical (unpaired) electrons. The minimum atomic E-state index is -4.42. The van der Waals surface area contributed by atoms with Crippen LogP contribution in [0.25, 0.3) is 0 Å². The standard InChI is InChI=1S/C7H6F3N3/c8-7(9,10)6-5(2-1-3-11)4-12-13-6/h4H,1-2H2,(H,12,13). The average Bonchev–Trinajstić information content (AvgIpc) is 2.47. The molecule has 0 saturated heterocycles. The molecule has 0 fully saturated rings. The van der Waals surface area contributed by atoms with E-state index in [0.717, 1.165) is 6.20 Å². The number of alkyl halides is 3. The van der Waals surface area contributed by atoms with Crippen LogP contribution in [-0.2, 0) is 12.6 Å². The van der Waals surface area contributed by atoms with Gasteiger partial charge in [0.1, 0.15) is 5.69 Å². The van der Waals surface area contributed by atoms with Crippen LogP contribution < -0.4 is 0 Å². The fraction of sp³-hybridized carbons (Fsp3) is 0.429. The van der Waals surface area contributed by atoms with Gasteiger partial charge in [-0.05, 0) is 6.42 Å². The number of hydrogen-bond donors (Lipinski definition) is 1. The van der Waals surface area contributed by atoms with Crippen molar-refractivity contribution in [3.05, 3.63) is 17.5 Å². The molecule has 0 amide bonds. The average molecular weight is 189 g/mol. The summed E-state index contributed by atoms with van der Waals surface area (Å²) in [6, 6.07) is 1.78. The Hall–Kier alpha value is -1.51. The van der Waals surface area contributed by atoms with E-state index in [-0.39, 0.29) is 18.4 Å². The first kappa shape index (κ1) is 9.58. The van der Waals surface area contributed by atoms with Gasteiger partial charge in [-0.25, -0.2) is 0 Å². The molecule has 0 aliphatic carbocycles. The zero-order chi connectivity index (χ0) is 9.90. The second kappa shape index (κ2) is 3.47. The summed E-state index contributed by atoms with van der Waals surface area (Å²) in [4.78, 5) is 0. The lowest BCUT2D eigenvalue weighted by molar-refractivity contribution is -0.141. The van der Waals surface area contributed by atoms with Crippen molar-refractivity contribution in [1.29, 1.82) is 5.26 Å². The fourth-order valence-corrected chi connectivity index (χ4v) is 0.937. The summed E-state index contributed by atoms with van der Waals surface area (Å²) < 4.78 is 36.5. The number of nitriles is 1. The monoisotopic (exact) mass is 189 g/mol. The Morgan fingerprint density at radius 1 is 1.54 bits per heavy atom. The van der Waals surface area contributed by atoms with Gasteiger partial charge in [0.25, 0.3) is 0 Å². The molecular weight excluding hydrogens is 183 g/mol. The Morgan fingerprint density at radius 2 is 2.23 bits per heavy atom. The molecule has 1 heterocycles. The van der Waals surface area contributed by atoms with Gasteiger partial charge in [-0.3, -0.25) is 5.10 Å². The molecule has 0 aromatic carbocycles. The predicted octanol–water partition coefficient (Wildman–Crippen LogP) is 1.88. The maximum atomic E-state index is 12.2. The van der Waals surface area contributed by atoms with Crippen molar-refractivity contribution < 1.29 is 13.2 Å². The van der Waals surface area contributed by atoms with Gasteiger partial charge in [-0.1, -0.05) is 0 Å². The van der Waals surface area contributed by atoms with E-state index in [4.69, 9.17) is 5.26 Å². The first-order valence-corrected chi connectivity index (χ1v) is 3.52. The van der Waals surface area contributed by atoms with Gasteiger partial charge in [0.05, 0.1) is 12.3 Å². The molecular formula is C7H6F3N3. The summed E-state index contributed by atoms with van der Waals surface area (Å²) >= 11 is 0. The van der Waals surface area contributed by atoms with Gasteiger partial charge < -0.3 is 0 Å². The third-order valence-electron chi connectivity index (χ3n) is 1.51. The van der Waals surface area contributed by atoms with E-state index < -0.39 is 11.9 Å². The number of nitrogens with zero attached hydrogens (tertiary/aromatic N) is 2. The largest absolute Gasteiger partial charge is 0.433 e. The van der Waals surface area contributed by atoms with Crippen LogP contribution in [0.1, 0.15) is 17.7 Å². The molecule has 0 bridgehead atoms. The van der Waals surface area contributed by atoms with Crippen LogP contribution >= 0.6 is 0 Å². The highest BCUT2D eigenvalue weighted by atomic mass is 19.4. The first-order chi connectivity index (χ1) is 6.05. The number of H-pyrrole nitrogens is 1. The van der Waals surface area contributed by atoms with E-state index in [1.54, 1.807) is 6.07 Å². The summed E-state index contributed by atoms with van der Waals surface area (Å²) in [6.07, 6.45) is -3.19. The van der Waals surface area contributed by atoms with Crippen LogP contribution in [0, 0.1) is 11.3 Å². The lowest BCUT2D eigenvalue weighted by atomic mass is 10.1. The van der Waals surface area contributed by atoms with Crippen molar-refractivity contribution in [2.45, 2.75) is 19.0 Å². The summed E-state index contributed by atoms with van der Waals surface area (Å²) in [5, 5.41) is 13.4. The lowest BCUT2D eigenvalue weighted by Crippen LogP contribution is -2.08. The Labute approximate surface area is 72.2 Å². The molecule has 6 heteroatoms. The molecule has 0 spiro atoms. The second-order valence-electron chi connectivity index (χ2n) is 2.43. The molecule has 0 aliphatic rings. The molecule has 13 heavy (non-hydrogen) atoms. The minimum Gasteiger partial charge on any atom is -0.273 e. The fourth-order valence-electron chi connectivity index (χ4n) is 0.937. The van der Waals surface area contributed by atoms with Gasteiger partial charge in [0.15, 0.2) is 0 Å². The molecule has 0 unspecified atom stereocenters. The van der Waals surface area contributed by atoms with Crippen LogP contribution in [0.15, 0.2) is 6.20 Å². The van der Waals surface area contributed by atoms with Crippen LogP contribution in [0.2, 0.25) is 0 Å². The van der Waals surface area contributed by atoms with Gasteiger partial charge in [0.2, 0.25) is 0 Å². The number of aryl methyl sites for hydroxylation is 1. The summed E-state index contributed by atoms with van der Waals surface area (Å²) in [5.74, 6) is 0. The van der Waals surface area contributed by atoms with E-state index in [2.05, 4.69) is 5.10 Å². The normalized spacial score (nSPS) is 11.2. The quantitative estimate of drug-likeness (QED) is 0.772. The van der Waals surface area contributed by atoms with Crippen molar-refractivity contribution in [2.24, 2.45) is 0 Å². The van der Waals surface area contributed by atoms with E-state index in [1.165, 1.54) is 0 Å². The molecule has 3 nitrogen and oxygen atoms in total. The van der Waals surface area contributed by atoms with Crippen LogP contribution in [-0.4, -0.2) is 10.2 Å². The SMILES string of the molecule is N#CCCc1cn[nH]c1C(F)(F)F. The third kappa shape index (κ3) is 2.21. The molecule has 0 aliphatic heterocycles. The Bertz CT molecular complexity index is 320. The number of aromatic amines is 1. The maximum Gasteiger partial charge on any atom is 0.433 e. The van der Waals surface area contributed by atoms with E-state index in [1.807, 2.05) is 5.10 Å². The minimum absolute atomic E-state index is 0.0362. The zero-order valence-electron chi connectivity index (χ0n) is 6.52. The number of nitrogens with one attached hydrogen (secondary N) is 1. The Kier molecular flexibility index (Phi) is 2.56. The van der Waals surface area contributed by atoms with Gasteiger partial charge in [-0.15, -0.1) is 0 Å². The molecule has 0 atom stereocenters. The van der Waals surface area contributed by atoms with Crippen molar-refractivity contribution in [1.82, 2.24) is 10.2 Å². The zero-order valence-corrected chi connectivity index (χ0v) is 6.52. The smallest absolute Gasteiger partial charge is 0.273 e. The number of aromatic nitrogens is 2. The third-order valence-corrected chi connectivity index (χ3v) is 1.51. The van der Waals surface area contributed by atoms with Crippen LogP contribution in [0.5, 0.6) is 0 Å². The Balaban J connectivity index is 2.85. The van der Waals surface area contributed by atoms with Gasteiger partial charge in [-0.2, -0.15) is 23.5 Å². The first-order valence-electron chi connectivity index (χ1n) is 3.52. The topological polar surface area (TPSA) is 52.5 Å². The van der Waals surface area contributed by atoms with Gasteiger partial charge in [0, 0.05) is 12.0 Å². The summed E-state index contributed by atoms with van der Waals surface area (Å²) in [5.41, 5.74) is -0.822. The highest BCUT2D eigenvalue weighted by molar-refractivity contribution is 5.19. The second-order valence-corrected chi connectivity index (χ2v) is 2.43. The molecule has 1 aromatic rings. The van der Waals surface area contributed by atoms with Crippen molar-refractivity contribution in [3.8, 4) is 6.07 Å². The Morgan fingerprint density at radius 3 is 2.77 bits per heavy atom. The maximum absolute atomic E-state index is 12.2. The van der Waals surface area contributed by atoms with Crippen molar-refractivity contribution >= 4 is 0 Å². The van der Waals surface area contributed by atoms with Crippen molar-refractivity contribution in [2.75, 3.05) is 0 Å². The van der Waals surface area contributed by atoms with E-state index in [9.17, 15) is 13.2 Å². The number of rotatable bonds is 2. The number of halogens is 3. The van der Waals surface area contributed by atoms with Crippen LogP contribution in [0.4, 0.5) is 13.2 Å². The van der Waals surface area contributed by atoms with E-state index in [0.29, 0.717) is 0 Å². The lowest BCUT2D eigenvalue weighted by Gasteiger charge is -2.04. The summed E-state index contributed by atoms with van der Waals surface area (Å²) in [7, 11) is 0.